The Morgan fingerprint density at radius 3 is 2.67 bits per heavy atom. The van der Waals surface area contributed by atoms with Gasteiger partial charge in [-0.1, -0.05) is 27.5 Å². The molecule has 0 atom stereocenters. The Hall–Kier alpha value is -0.680. The predicted octanol–water partition coefficient (Wildman–Crippen LogP) is 3.34. The van der Waals surface area contributed by atoms with Gasteiger partial charge in [0.15, 0.2) is 5.82 Å². The van der Waals surface area contributed by atoms with E-state index in [-0.39, 0.29) is 23.0 Å². The molecule has 0 saturated heterocycles. The van der Waals surface area contributed by atoms with Gasteiger partial charge >= 0.3 is 0 Å². The number of rotatable bonds is 3. The van der Waals surface area contributed by atoms with Crippen molar-refractivity contribution in [3.05, 3.63) is 28.8 Å². The molecule has 0 aliphatic rings. The van der Waals surface area contributed by atoms with Crippen molar-refractivity contribution in [3.8, 4) is 0 Å². The van der Waals surface area contributed by atoms with Crippen LogP contribution in [0.25, 0.3) is 0 Å². The molecule has 1 amide bonds. The third-order valence-electron chi connectivity index (χ3n) is 1.59. The zero-order chi connectivity index (χ0) is 11.4. The molecule has 0 fully saturated rings. The van der Waals surface area contributed by atoms with Crippen molar-refractivity contribution in [1.82, 2.24) is 0 Å². The molecular weight excluding hydrogens is 291 g/mol. The molecule has 2 nitrogen and oxygen atoms in total. The average molecular weight is 299 g/mol. The van der Waals surface area contributed by atoms with Crippen LogP contribution in [-0.2, 0) is 4.79 Å². The number of alkyl halides is 1. The summed E-state index contributed by atoms with van der Waals surface area (Å²) in [5.74, 6) is -2.06. The van der Waals surface area contributed by atoms with Crippen molar-refractivity contribution in [2.24, 2.45) is 0 Å². The molecule has 0 bridgehead atoms. The molecule has 0 radical (unpaired) electrons. The SMILES string of the molecule is O=C(CCBr)Nc1c(F)cc(F)cc1Cl. The fourth-order valence-electron chi connectivity index (χ4n) is 0.949. The first-order valence-corrected chi connectivity index (χ1v) is 5.55. The molecule has 1 N–H and O–H groups in total. The van der Waals surface area contributed by atoms with Crippen LogP contribution in [0.2, 0.25) is 5.02 Å². The molecule has 0 aliphatic heterocycles. The number of hydrogen-bond acceptors (Lipinski definition) is 1. The molecule has 1 aromatic carbocycles. The number of nitrogens with one attached hydrogen (secondary N) is 1. The maximum absolute atomic E-state index is 13.2. The fraction of sp³-hybridized carbons (Fsp3) is 0.222. The Morgan fingerprint density at radius 1 is 1.47 bits per heavy atom. The van der Waals surface area contributed by atoms with Crippen LogP contribution in [0, 0.1) is 11.6 Å². The minimum Gasteiger partial charge on any atom is -0.322 e. The van der Waals surface area contributed by atoms with Gasteiger partial charge < -0.3 is 5.32 Å². The van der Waals surface area contributed by atoms with Crippen molar-refractivity contribution >= 4 is 39.1 Å². The average Bonchev–Trinajstić information content (AvgIpc) is 2.11. The third kappa shape index (κ3) is 3.43. The molecule has 1 rings (SSSR count). The molecule has 0 aliphatic carbocycles. The van der Waals surface area contributed by atoms with Gasteiger partial charge in [0.25, 0.3) is 0 Å². The van der Waals surface area contributed by atoms with Gasteiger partial charge in [0.2, 0.25) is 5.91 Å². The van der Waals surface area contributed by atoms with E-state index in [0.717, 1.165) is 6.07 Å². The number of carbonyl (C=O) groups excluding carboxylic acids is 1. The first-order chi connectivity index (χ1) is 7.04. The number of hydrogen-bond donors (Lipinski definition) is 1. The Balaban J connectivity index is 2.90. The fourth-order valence-corrected chi connectivity index (χ4v) is 1.55. The van der Waals surface area contributed by atoms with Gasteiger partial charge in [0, 0.05) is 17.8 Å². The summed E-state index contributed by atoms with van der Waals surface area (Å²) in [6, 6.07) is 1.60. The summed E-state index contributed by atoms with van der Waals surface area (Å²) in [6.45, 7) is 0. The zero-order valence-corrected chi connectivity index (χ0v) is 9.83. The second kappa shape index (κ2) is 5.42. The number of amides is 1. The second-order valence-corrected chi connectivity index (χ2v) is 3.93. The lowest BCUT2D eigenvalue weighted by molar-refractivity contribution is -0.115. The molecule has 1 aromatic rings. The van der Waals surface area contributed by atoms with Gasteiger partial charge in [-0.05, 0) is 6.07 Å². The van der Waals surface area contributed by atoms with Crippen LogP contribution in [0.5, 0.6) is 0 Å². The van der Waals surface area contributed by atoms with E-state index in [1.54, 1.807) is 0 Å². The van der Waals surface area contributed by atoms with E-state index in [1.165, 1.54) is 0 Å². The van der Waals surface area contributed by atoms with Crippen LogP contribution < -0.4 is 5.32 Å². The molecule has 0 unspecified atom stereocenters. The Morgan fingerprint density at radius 2 is 2.13 bits per heavy atom. The molecule has 0 aromatic heterocycles. The molecule has 0 spiro atoms. The Bertz CT molecular complexity index is 363. The van der Waals surface area contributed by atoms with Gasteiger partial charge in [-0.25, -0.2) is 8.78 Å². The van der Waals surface area contributed by atoms with Gasteiger partial charge in [-0.15, -0.1) is 0 Å². The number of carbonyl (C=O) groups is 1. The van der Waals surface area contributed by atoms with E-state index in [9.17, 15) is 13.6 Å². The number of halogens is 4. The van der Waals surface area contributed by atoms with Gasteiger partial charge in [-0.2, -0.15) is 0 Å². The van der Waals surface area contributed by atoms with Crippen LogP contribution in [-0.4, -0.2) is 11.2 Å². The first kappa shape index (κ1) is 12.4. The summed E-state index contributed by atoms with van der Waals surface area (Å²) in [6.07, 6.45) is 0.188. The minimum atomic E-state index is -0.886. The smallest absolute Gasteiger partial charge is 0.225 e. The lowest BCUT2D eigenvalue weighted by Gasteiger charge is -2.07. The predicted molar refractivity (Wildman–Crippen MR) is 58.4 cm³/mol. The Labute approximate surface area is 98.7 Å². The summed E-state index contributed by atoms with van der Waals surface area (Å²) >= 11 is 8.64. The number of benzene rings is 1. The van der Waals surface area contributed by atoms with Crippen LogP contribution in [0.3, 0.4) is 0 Å². The second-order valence-electron chi connectivity index (χ2n) is 2.73. The highest BCUT2D eigenvalue weighted by atomic mass is 79.9. The maximum Gasteiger partial charge on any atom is 0.225 e. The standard InChI is InChI=1S/C9H7BrClF2NO/c10-2-1-8(15)14-9-6(11)3-5(12)4-7(9)13/h3-4H,1-2H2,(H,14,15). The molecule has 15 heavy (non-hydrogen) atoms. The number of anilines is 1. The van der Waals surface area contributed by atoms with E-state index in [0.29, 0.717) is 11.4 Å². The van der Waals surface area contributed by atoms with Crippen molar-refractivity contribution in [2.75, 3.05) is 10.6 Å². The third-order valence-corrected chi connectivity index (χ3v) is 2.29. The lowest BCUT2D eigenvalue weighted by Crippen LogP contribution is -2.13. The normalized spacial score (nSPS) is 10.1. The van der Waals surface area contributed by atoms with Crippen molar-refractivity contribution in [1.29, 1.82) is 0 Å². The highest BCUT2D eigenvalue weighted by Crippen LogP contribution is 2.26. The summed E-state index contributed by atoms with van der Waals surface area (Å²) in [4.78, 5) is 11.1. The van der Waals surface area contributed by atoms with Crippen LogP contribution in [0.15, 0.2) is 12.1 Å². The van der Waals surface area contributed by atoms with Gasteiger partial charge in [-0.3, -0.25) is 4.79 Å². The maximum atomic E-state index is 13.2. The van der Waals surface area contributed by atoms with Crippen LogP contribution >= 0.6 is 27.5 Å². The summed E-state index contributed by atoms with van der Waals surface area (Å²) in [7, 11) is 0. The van der Waals surface area contributed by atoms with Crippen molar-refractivity contribution < 1.29 is 13.6 Å². The Kier molecular flexibility index (Phi) is 4.47. The summed E-state index contributed by atoms with van der Waals surface area (Å²) in [5.41, 5.74) is -0.191. The molecular formula is C9H7BrClF2NO. The summed E-state index contributed by atoms with van der Waals surface area (Å²) in [5, 5.41) is 2.56. The van der Waals surface area contributed by atoms with E-state index >= 15 is 0 Å². The monoisotopic (exact) mass is 297 g/mol. The highest BCUT2D eigenvalue weighted by molar-refractivity contribution is 9.09. The quantitative estimate of drug-likeness (QED) is 0.852. The molecule has 6 heteroatoms. The minimum absolute atomic E-state index is 0.157. The molecule has 0 saturated carbocycles. The van der Waals surface area contributed by atoms with E-state index < -0.39 is 11.6 Å². The van der Waals surface area contributed by atoms with E-state index in [2.05, 4.69) is 21.2 Å². The molecule has 82 valence electrons. The molecule has 0 heterocycles. The van der Waals surface area contributed by atoms with E-state index in [1.807, 2.05) is 0 Å². The van der Waals surface area contributed by atoms with Crippen molar-refractivity contribution in [2.45, 2.75) is 6.42 Å². The first-order valence-electron chi connectivity index (χ1n) is 4.05. The van der Waals surface area contributed by atoms with E-state index in [4.69, 9.17) is 11.6 Å². The highest BCUT2D eigenvalue weighted by Gasteiger charge is 2.12. The summed E-state index contributed by atoms with van der Waals surface area (Å²) < 4.78 is 25.8. The largest absolute Gasteiger partial charge is 0.322 e. The van der Waals surface area contributed by atoms with Crippen molar-refractivity contribution in [3.63, 3.8) is 0 Å². The van der Waals surface area contributed by atoms with Crippen LogP contribution in [0.1, 0.15) is 6.42 Å². The van der Waals surface area contributed by atoms with Gasteiger partial charge in [0.1, 0.15) is 5.82 Å². The topological polar surface area (TPSA) is 29.1 Å². The zero-order valence-electron chi connectivity index (χ0n) is 7.49. The lowest BCUT2D eigenvalue weighted by atomic mass is 10.3. The van der Waals surface area contributed by atoms with Crippen LogP contribution in [0.4, 0.5) is 14.5 Å². The van der Waals surface area contributed by atoms with Gasteiger partial charge in [0.05, 0.1) is 10.7 Å².